The molecule has 0 heterocycles. The lowest BCUT2D eigenvalue weighted by Crippen LogP contribution is -2.05. The van der Waals surface area contributed by atoms with Gasteiger partial charge in [-0.25, -0.2) is 0 Å². The van der Waals surface area contributed by atoms with E-state index in [0.29, 0.717) is 12.8 Å². The Labute approximate surface area is 92.3 Å². The Morgan fingerprint density at radius 3 is 2.25 bits per heavy atom. The average molecular weight is 230 g/mol. The molecule has 0 aliphatic rings. The lowest BCUT2D eigenvalue weighted by molar-refractivity contribution is -0.137. The maximum atomic E-state index is 12.2. The van der Waals surface area contributed by atoms with Gasteiger partial charge in [0.25, 0.3) is 0 Å². The third-order valence-corrected chi connectivity index (χ3v) is 2.40. The van der Waals surface area contributed by atoms with Crippen LogP contribution in [-0.4, -0.2) is 6.29 Å². The van der Waals surface area contributed by atoms with Crippen molar-refractivity contribution < 1.29 is 18.0 Å². The molecule has 1 atom stereocenters. The smallest absolute Gasteiger partial charge is 0.303 e. The van der Waals surface area contributed by atoms with Crippen molar-refractivity contribution in [3.8, 4) is 0 Å². The number of rotatable bonds is 4. The molecule has 0 saturated carbocycles. The van der Waals surface area contributed by atoms with Gasteiger partial charge in [-0.15, -0.1) is 0 Å². The van der Waals surface area contributed by atoms with Gasteiger partial charge in [0.05, 0.1) is 5.56 Å². The van der Waals surface area contributed by atoms with E-state index in [4.69, 9.17) is 0 Å². The summed E-state index contributed by atoms with van der Waals surface area (Å²) in [6, 6.07) is 5.06. The summed E-state index contributed by atoms with van der Waals surface area (Å²) in [4.78, 5) is 10.4. The van der Waals surface area contributed by atoms with Gasteiger partial charge in [-0.05, 0) is 30.5 Å². The standard InChI is InChI=1S/C12H13F3O/c1-9(8-16)2-3-10-4-6-11(7-5-10)12(13,14)15/h4-9H,2-3H2,1H3. The Hall–Kier alpha value is -1.32. The zero-order valence-electron chi connectivity index (χ0n) is 8.92. The number of hydrogen-bond acceptors (Lipinski definition) is 1. The Balaban J connectivity index is 2.62. The van der Waals surface area contributed by atoms with Crippen LogP contribution in [0.3, 0.4) is 0 Å². The molecule has 0 aliphatic heterocycles. The molecule has 0 radical (unpaired) electrons. The Morgan fingerprint density at radius 1 is 1.25 bits per heavy atom. The number of aldehydes is 1. The van der Waals surface area contributed by atoms with Crippen molar-refractivity contribution in [2.24, 2.45) is 5.92 Å². The van der Waals surface area contributed by atoms with Crippen molar-refractivity contribution in [2.45, 2.75) is 25.9 Å². The molecule has 1 unspecified atom stereocenters. The van der Waals surface area contributed by atoms with E-state index in [2.05, 4.69) is 0 Å². The number of carbonyl (C=O) groups excluding carboxylic acids is 1. The minimum atomic E-state index is -4.28. The van der Waals surface area contributed by atoms with E-state index in [9.17, 15) is 18.0 Å². The first-order chi connectivity index (χ1) is 7.43. The van der Waals surface area contributed by atoms with Crippen molar-refractivity contribution in [1.82, 2.24) is 0 Å². The highest BCUT2D eigenvalue weighted by Gasteiger charge is 2.29. The number of halogens is 3. The zero-order chi connectivity index (χ0) is 12.2. The summed E-state index contributed by atoms with van der Waals surface area (Å²) in [5, 5.41) is 0. The zero-order valence-corrected chi connectivity index (χ0v) is 8.92. The third-order valence-electron chi connectivity index (χ3n) is 2.40. The van der Waals surface area contributed by atoms with Crippen LogP contribution in [0.15, 0.2) is 24.3 Å². The summed E-state index contributed by atoms with van der Waals surface area (Å²) in [5.41, 5.74) is 0.182. The molecule has 0 saturated heterocycles. The summed E-state index contributed by atoms with van der Waals surface area (Å²) >= 11 is 0. The van der Waals surface area contributed by atoms with E-state index in [-0.39, 0.29) is 5.92 Å². The van der Waals surface area contributed by atoms with Crippen LogP contribution in [0, 0.1) is 5.92 Å². The Bertz CT molecular complexity index is 340. The van der Waals surface area contributed by atoms with Gasteiger partial charge in [-0.1, -0.05) is 19.1 Å². The molecule has 0 spiro atoms. The van der Waals surface area contributed by atoms with E-state index >= 15 is 0 Å². The highest BCUT2D eigenvalue weighted by atomic mass is 19.4. The minimum Gasteiger partial charge on any atom is -0.303 e. The van der Waals surface area contributed by atoms with E-state index in [0.717, 1.165) is 24.0 Å². The van der Waals surface area contributed by atoms with Crippen LogP contribution < -0.4 is 0 Å². The molecule has 0 N–H and O–H groups in total. The van der Waals surface area contributed by atoms with E-state index in [1.807, 2.05) is 0 Å². The normalized spacial score (nSPS) is 13.5. The molecule has 88 valence electrons. The average Bonchev–Trinajstić information content (AvgIpc) is 2.25. The van der Waals surface area contributed by atoms with Gasteiger partial charge in [0.15, 0.2) is 0 Å². The van der Waals surface area contributed by atoms with Crippen molar-refractivity contribution in [3.63, 3.8) is 0 Å². The molecular formula is C12H13F3O. The van der Waals surface area contributed by atoms with Gasteiger partial charge in [-0.3, -0.25) is 0 Å². The molecule has 0 amide bonds. The van der Waals surface area contributed by atoms with Crippen LogP contribution >= 0.6 is 0 Å². The molecule has 0 aromatic heterocycles. The van der Waals surface area contributed by atoms with Crippen LogP contribution in [0.25, 0.3) is 0 Å². The van der Waals surface area contributed by atoms with Crippen LogP contribution in [0.5, 0.6) is 0 Å². The number of carbonyl (C=O) groups is 1. The van der Waals surface area contributed by atoms with E-state index in [1.165, 1.54) is 12.1 Å². The fourth-order valence-corrected chi connectivity index (χ4v) is 1.32. The summed E-state index contributed by atoms with van der Waals surface area (Å²) < 4.78 is 36.7. The third kappa shape index (κ3) is 3.68. The number of alkyl halides is 3. The summed E-state index contributed by atoms with van der Waals surface area (Å²) in [5.74, 6) is -0.0534. The minimum absolute atomic E-state index is 0.0534. The summed E-state index contributed by atoms with van der Waals surface area (Å²) in [6.07, 6.45) is -2.15. The first-order valence-electron chi connectivity index (χ1n) is 5.05. The molecule has 1 aromatic rings. The molecular weight excluding hydrogens is 217 g/mol. The van der Waals surface area contributed by atoms with E-state index < -0.39 is 11.7 Å². The van der Waals surface area contributed by atoms with Crippen molar-refractivity contribution >= 4 is 6.29 Å². The number of benzene rings is 1. The fraction of sp³-hybridized carbons (Fsp3) is 0.417. The topological polar surface area (TPSA) is 17.1 Å². The fourth-order valence-electron chi connectivity index (χ4n) is 1.32. The molecule has 4 heteroatoms. The largest absolute Gasteiger partial charge is 0.416 e. The number of aryl methyl sites for hydroxylation is 1. The Kier molecular flexibility index (Phi) is 4.10. The molecule has 1 nitrogen and oxygen atoms in total. The maximum Gasteiger partial charge on any atom is 0.416 e. The van der Waals surface area contributed by atoms with Crippen molar-refractivity contribution in [1.29, 1.82) is 0 Å². The van der Waals surface area contributed by atoms with Gasteiger partial charge in [0.1, 0.15) is 6.29 Å². The van der Waals surface area contributed by atoms with Gasteiger partial charge < -0.3 is 4.79 Å². The monoisotopic (exact) mass is 230 g/mol. The molecule has 0 fully saturated rings. The van der Waals surface area contributed by atoms with E-state index in [1.54, 1.807) is 6.92 Å². The van der Waals surface area contributed by atoms with Crippen LogP contribution in [-0.2, 0) is 17.4 Å². The summed E-state index contributed by atoms with van der Waals surface area (Å²) in [6.45, 7) is 1.79. The van der Waals surface area contributed by atoms with Crippen LogP contribution in [0.4, 0.5) is 13.2 Å². The molecule has 1 aromatic carbocycles. The van der Waals surface area contributed by atoms with Gasteiger partial charge >= 0.3 is 6.18 Å². The highest BCUT2D eigenvalue weighted by Crippen LogP contribution is 2.29. The molecule has 1 rings (SSSR count). The SMILES string of the molecule is CC(C=O)CCc1ccc(C(F)(F)F)cc1. The van der Waals surface area contributed by atoms with Gasteiger partial charge in [0.2, 0.25) is 0 Å². The second-order valence-corrected chi connectivity index (χ2v) is 3.85. The lowest BCUT2D eigenvalue weighted by Gasteiger charge is -2.08. The predicted molar refractivity (Wildman–Crippen MR) is 55.0 cm³/mol. The maximum absolute atomic E-state index is 12.2. The second-order valence-electron chi connectivity index (χ2n) is 3.85. The molecule has 0 aliphatic carbocycles. The number of hydrogen-bond donors (Lipinski definition) is 0. The summed E-state index contributed by atoms with van der Waals surface area (Å²) in [7, 11) is 0. The predicted octanol–water partition coefficient (Wildman–Crippen LogP) is 3.47. The van der Waals surface area contributed by atoms with Crippen molar-refractivity contribution in [3.05, 3.63) is 35.4 Å². The molecule has 0 bridgehead atoms. The molecule has 16 heavy (non-hydrogen) atoms. The van der Waals surface area contributed by atoms with Crippen LogP contribution in [0.1, 0.15) is 24.5 Å². The first kappa shape index (κ1) is 12.7. The van der Waals surface area contributed by atoms with Crippen molar-refractivity contribution in [2.75, 3.05) is 0 Å². The second kappa shape index (κ2) is 5.14. The Morgan fingerprint density at radius 2 is 1.81 bits per heavy atom. The van der Waals surface area contributed by atoms with Gasteiger partial charge in [-0.2, -0.15) is 13.2 Å². The quantitative estimate of drug-likeness (QED) is 0.724. The van der Waals surface area contributed by atoms with Gasteiger partial charge in [0, 0.05) is 5.92 Å². The highest BCUT2D eigenvalue weighted by molar-refractivity contribution is 5.52. The lowest BCUT2D eigenvalue weighted by atomic mass is 10.0. The first-order valence-corrected chi connectivity index (χ1v) is 5.05. The van der Waals surface area contributed by atoms with Crippen LogP contribution in [0.2, 0.25) is 0 Å².